The van der Waals surface area contributed by atoms with E-state index in [-0.39, 0.29) is 0 Å². The van der Waals surface area contributed by atoms with E-state index in [0.29, 0.717) is 6.61 Å². The van der Waals surface area contributed by atoms with E-state index in [9.17, 15) is 5.11 Å². The number of hydrogen-bond donors (Lipinski definition) is 1. The lowest BCUT2D eigenvalue weighted by Gasteiger charge is -2.14. The zero-order valence-electron chi connectivity index (χ0n) is 12.2. The van der Waals surface area contributed by atoms with Crippen LogP contribution >= 0.6 is 23.1 Å². The van der Waals surface area contributed by atoms with Crippen LogP contribution in [0.2, 0.25) is 0 Å². The third-order valence-corrected chi connectivity index (χ3v) is 5.89. The molecule has 21 heavy (non-hydrogen) atoms. The molecule has 1 unspecified atom stereocenters. The molecule has 0 fully saturated rings. The minimum atomic E-state index is -0.585. The zero-order valence-corrected chi connectivity index (χ0v) is 13.8. The lowest BCUT2D eigenvalue weighted by molar-refractivity contribution is 0.214. The van der Waals surface area contributed by atoms with Crippen LogP contribution < -0.4 is 4.74 Å². The number of aliphatic hydroxyl groups is 1. The number of aryl methyl sites for hydroxylation is 1. The maximum atomic E-state index is 10.7. The molecule has 1 aliphatic heterocycles. The molecular formula is C17H20O2S2. The Morgan fingerprint density at radius 3 is 3.00 bits per heavy atom. The second-order valence-electron chi connectivity index (χ2n) is 5.19. The molecule has 0 aliphatic carbocycles. The minimum absolute atomic E-state index is 0.585. The average Bonchev–Trinajstić information content (AvgIpc) is 2.96. The molecule has 0 bridgehead atoms. The molecule has 0 saturated carbocycles. The lowest BCUT2D eigenvalue weighted by Crippen LogP contribution is -2.03. The number of fused-ring (bicyclic) bond motifs is 1. The molecule has 0 radical (unpaired) electrons. The Hall–Kier alpha value is -0.970. The summed E-state index contributed by atoms with van der Waals surface area (Å²) in [5.74, 6) is 3.07. The highest BCUT2D eigenvalue weighted by molar-refractivity contribution is 7.98. The molecule has 1 aliphatic rings. The van der Waals surface area contributed by atoms with Crippen LogP contribution in [-0.2, 0) is 12.2 Å². The van der Waals surface area contributed by atoms with Crippen molar-refractivity contribution in [2.45, 2.75) is 31.6 Å². The Balaban J connectivity index is 1.87. The molecule has 2 heterocycles. The first-order chi connectivity index (χ1) is 10.3. The quantitative estimate of drug-likeness (QED) is 0.885. The van der Waals surface area contributed by atoms with Gasteiger partial charge in [-0.15, -0.1) is 11.3 Å². The van der Waals surface area contributed by atoms with Gasteiger partial charge in [0.2, 0.25) is 0 Å². The monoisotopic (exact) mass is 320 g/mol. The van der Waals surface area contributed by atoms with E-state index in [1.54, 1.807) is 11.3 Å². The third-order valence-electron chi connectivity index (χ3n) is 3.59. The molecule has 1 atom stereocenters. The van der Waals surface area contributed by atoms with Crippen LogP contribution in [0.25, 0.3) is 0 Å². The van der Waals surface area contributed by atoms with Crippen molar-refractivity contribution in [2.24, 2.45) is 0 Å². The van der Waals surface area contributed by atoms with Gasteiger partial charge in [-0.1, -0.05) is 25.1 Å². The van der Waals surface area contributed by atoms with Gasteiger partial charge in [0.25, 0.3) is 0 Å². The van der Waals surface area contributed by atoms with Gasteiger partial charge in [-0.05, 0) is 36.3 Å². The van der Waals surface area contributed by atoms with Crippen LogP contribution in [0.15, 0.2) is 30.3 Å². The van der Waals surface area contributed by atoms with Crippen molar-refractivity contribution in [3.8, 4) is 5.75 Å². The number of para-hydroxylation sites is 1. The maximum absolute atomic E-state index is 10.7. The summed E-state index contributed by atoms with van der Waals surface area (Å²) in [5.41, 5.74) is 2.27. The molecule has 1 aromatic carbocycles. The largest absolute Gasteiger partial charge is 0.493 e. The first-order valence-corrected chi connectivity index (χ1v) is 9.35. The standard InChI is InChI=1S/C17H20O2S2/c1-2-8-19-14-6-4-3-5-13(14)17(18)16-10-12-11-20-9-7-15(12)21-16/h3-6,10,17-18H,2,7-9,11H2,1H3. The van der Waals surface area contributed by atoms with Crippen molar-refractivity contribution >= 4 is 23.1 Å². The molecule has 1 aromatic heterocycles. The van der Waals surface area contributed by atoms with Crippen LogP contribution in [0.1, 0.15) is 40.3 Å². The summed E-state index contributed by atoms with van der Waals surface area (Å²) >= 11 is 3.72. The van der Waals surface area contributed by atoms with Crippen molar-refractivity contribution < 1.29 is 9.84 Å². The molecule has 1 N–H and O–H groups in total. The van der Waals surface area contributed by atoms with Crippen LogP contribution in [-0.4, -0.2) is 17.5 Å². The van der Waals surface area contributed by atoms with Gasteiger partial charge in [0.15, 0.2) is 0 Å². The van der Waals surface area contributed by atoms with Crippen LogP contribution in [0.5, 0.6) is 5.75 Å². The van der Waals surface area contributed by atoms with Crippen molar-refractivity contribution in [3.05, 3.63) is 51.2 Å². The fraction of sp³-hybridized carbons (Fsp3) is 0.412. The van der Waals surface area contributed by atoms with Crippen LogP contribution in [0.4, 0.5) is 0 Å². The summed E-state index contributed by atoms with van der Waals surface area (Å²) in [5, 5.41) is 10.7. The first kappa shape index (κ1) is 14.9. The Morgan fingerprint density at radius 2 is 2.19 bits per heavy atom. The van der Waals surface area contributed by atoms with Gasteiger partial charge < -0.3 is 9.84 Å². The molecule has 4 heteroatoms. The van der Waals surface area contributed by atoms with Gasteiger partial charge in [-0.3, -0.25) is 0 Å². The fourth-order valence-corrected chi connectivity index (χ4v) is 4.89. The number of hydrogen-bond acceptors (Lipinski definition) is 4. The molecule has 2 aromatic rings. The summed E-state index contributed by atoms with van der Waals surface area (Å²) in [7, 11) is 0. The fourth-order valence-electron chi connectivity index (χ4n) is 2.51. The van der Waals surface area contributed by atoms with Crippen LogP contribution in [0, 0.1) is 0 Å². The summed E-state index contributed by atoms with van der Waals surface area (Å²) in [6.45, 7) is 2.77. The number of aliphatic hydroxyl groups excluding tert-OH is 1. The number of rotatable bonds is 5. The molecule has 0 spiro atoms. The number of ether oxygens (including phenoxy) is 1. The van der Waals surface area contributed by atoms with E-state index in [4.69, 9.17) is 4.74 Å². The van der Waals surface area contributed by atoms with E-state index in [2.05, 4.69) is 13.0 Å². The van der Waals surface area contributed by atoms with Crippen molar-refractivity contribution in [1.82, 2.24) is 0 Å². The average molecular weight is 320 g/mol. The Kier molecular flexibility index (Phi) is 4.88. The second kappa shape index (κ2) is 6.86. The van der Waals surface area contributed by atoms with Crippen LogP contribution in [0.3, 0.4) is 0 Å². The van der Waals surface area contributed by atoms with Crippen molar-refractivity contribution in [1.29, 1.82) is 0 Å². The summed E-state index contributed by atoms with van der Waals surface area (Å²) in [6, 6.07) is 9.99. The second-order valence-corrected chi connectivity index (χ2v) is 7.46. The topological polar surface area (TPSA) is 29.5 Å². The lowest BCUT2D eigenvalue weighted by atomic mass is 10.1. The third kappa shape index (κ3) is 3.28. The molecule has 0 saturated heterocycles. The molecule has 112 valence electrons. The van der Waals surface area contributed by atoms with Gasteiger partial charge in [-0.25, -0.2) is 0 Å². The summed E-state index contributed by atoms with van der Waals surface area (Å²) in [4.78, 5) is 2.48. The smallest absolute Gasteiger partial charge is 0.125 e. The van der Waals surface area contributed by atoms with Gasteiger partial charge >= 0.3 is 0 Å². The van der Waals surface area contributed by atoms with E-state index in [0.717, 1.165) is 34.8 Å². The number of thiophene rings is 1. The Labute approximate surface area is 134 Å². The van der Waals surface area contributed by atoms with Gasteiger partial charge in [-0.2, -0.15) is 11.8 Å². The highest BCUT2D eigenvalue weighted by Crippen LogP contribution is 2.38. The maximum Gasteiger partial charge on any atom is 0.125 e. The first-order valence-electron chi connectivity index (χ1n) is 7.38. The van der Waals surface area contributed by atoms with Crippen molar-refractivity contribution in [3.63, 3.8) is 0 Å². The summed E-state index contributed by atoms with van der Waals surface area (Å²) < 4.78 is 5.77. The molecule has 0 amide bonds. The SMILES string of the molecule is CCCOc1ccccc1C(O)c1cc2c(s1)CCSC2. The van der Waals surface area contributed by atoms with Gasteiger partial charge in [0.05, 0.1) is 6.61 Å². The minimum Gasteiger partial charge on any atom is -0.493 e. The zero-order chi connectivity index (χ0) is 14.7. The van der Waals surface area contributed by atoms with Gasteiger partial charge in [0.1, 0.15) is 11.9 Å². The van der Waals surface area contributed by atoms with E-state index < -0.39 is 6.10 Å². The van der Waals surface area contributed by atoms with Crippen molar-refractivity contribution in [2.75, 3.05) is 12.4 Å². The highest BCUT2D eigenvalue weighted by Gasteiger charge is 2.21. The Morgan fingerprint density at radius 1 is 1.33 bits per heavy atom. The normalized spacial score (nSPS) is 15.5. The molecular weight excluding hydrogens is 300 g/mol. The summed E-state index contributed by atoms with van der Waals surface area (Å²) in [6.07, 6.45) is 1.51. The predicted octanol–water partition coefficient (Wildman–Crippen LogP) is 4.41. The number of benzene rings is 1. The molecule has 2 nitrogen and oxygen atoms in total. The predicted molar refractivity (Wildman–Crippen MR) is 90.5 cm³/mol. The van der Waals surface area contributed by atoms with E-state index in [1.165, 1.54) is 16.2 Å². The van der Waals surface area contributed by atoms with E-state index in [1.807, 2.05) is 36.0 Å². The van der Waals surface area contributed by atoms with Gasteiger partial charge in [0, 0.05) is 21.1 Å². The Bertz CT molecular complexity index is 583. The number of thioether (sulfide) groups is 1. The molecule has 3 rings (SSSR count). The highest BCUT2D eigenvalue weighted by atomic mass is 32.2. The van der Waals surface area contributed by atoms with E-state index >= 15 is 0 Å².